The van der Waals surface area contributed by atoms with E-state index in [4.69, 9.17) is 6.57 Å². The van der Waals surface area contributed by atoms with Crippen molar-refractivity contribution in [3.05, 3.63) is 70.5 Å². The number of rotatable bonds is 1. The summed E-state index contributed by atoms with van der Waals surface area (Å²) in [5.74, 6) is -0.912. The summed E-state index contributed by atoms with van der Waals surface area (Å²) in [5.41, 5.74) is -1.04. The number of carbonyl (C=O) groups excluding carboxylic acids is 2. The number of amides is 1. The topological polar surface area (TPSA) is 41.7 Å². The Morgan fingerprint density at radius 2 is 1.83 bits per heavy atom. The third-order valence-corrected chi connectivity index (χ3v) is 4.93. The third-order valence-electron chi connectivity index (χ3n) is 4.93. The van der Waals surface area contributed by atoms with Gasteiger partial charge in [-0.2, -0.15) is 0 Å². The summed E-state index contributed by atoms with van der Waals surface area (Å²) in [4.78, 5) is 30.7. The summed E-state index contributed by atoms with van der Waals surface area (Å²) in [6, 6.07) is 5.67. The first-order chi connectivity index (χ1) is 11.2. The zero-order chi connectivity index (χ0) is 17.7. The van der Waals surface area contributed by atoms with Gasteiger partial charge in [-0.3, -0.25) is 4.79 Å². The second kappa shape index (κ2) is 5.13. The Hall–Kier alpha value is -2.74. The number of halogens is 1. The van der Waals surface area contributed by atoms with E-state index in [0.717, 1.165) is 0 Å². The van der Waals surface area contributed by atoms with Crippen molar-refractivity contribution in [2.75, 3.05) is 13.6 Å². The highest BCUT2D eigenvalue weighted by atomic mass is 19.1. The molecular weight excluding hydrogens is 307 g/mol. The summed E-state index contributed by atoms with van der Waals surface area (Å²) in [5, 5.41) is 0. The molecule has 0 spiro atoms. The van der Waals surface area contributed by atoms with Crippen molar-refractivity contribution >= 4 is 11.7 Å². The molecule has 122 valence electrons. The predicted molar refractivity (Wildman–Crippen MR) is 87.3 cm³/mol. The molecule has 0 saturated carbocycles. The van der Waals surface area contributed by atoms with Crippen LogP contribution in [0.3, 0.4) is 0 Å². The lowest BCUT2D eigenvalue weighted by molar-refractivity contribution is -0.135. The van der Waals surface area contributed by atoms with Crippen LogP contribution in [-0.4, -0.2) is 30.2 Å². The predicted octanol–water partition coefficient (Wildman–Crippen LogP) is 2.87. The smallest absolute Gasteiger partial charge is 0.240 e. The molecule has 5 heteroatoms. The summed E-state index contributed by atoms with van der Waals surface area (Å²) >= 11 is 0. The van der Waals surface area contributed by atoms with Crippen molar-refractivity contribution in [2.45, 2.75) is 19.3 Å². The molecule has 1 atom stereocenters. The summed E-state index contributed by atoms with van der Waals surface area (Å²) < 4.78 is 13.4. The number of benzene rings is 1. The molecule has 2 aliphatic rings. The Bertz CT molecular complexity index is 843. The fourth-order valence-corrected chi connectivity index (χ4v) is 3.65. The zero-order valence-corrected chi connectivity index (χ0v) is 13.8. The molecule has 0 saturated heterocycles. The molecular formula is C19H17FN2O2. The quantitative estimate of drug-likeness (QED) is 0.589. The molecule has 3 rings (SSSR count). The molecule has 0 aromatic heterocycles. The molecule has 1 heterocycles. The van der Waals surface area contributed by atoms with E-state index in [1.54, 1.807) is 37.9 Å². The van der Waals surface area contributed by atoms with Crippen LogP contribution >= 0.6 is 0 Å². The monoisotopic (exact) mass is 324 g/mol. The van der Waals surface area contributed by atoms with Crippen molar-refractivity contribution in [1.29, 1.82) is 0 Å². The molecule has 1 aliphatic heterocycles. The van der Waals surface area contributed by atoms with Crippen LogP contribution in [0.5, 0.6) is 0 Å². The molecule has 0 fully saturated rings. The maximum Gasteiger partial charge on any atom is 0.240 e. The summed E-state index contributed by atoms with van der Waals surface area (Å²) in [7, 11) is 1.68. The van der Waals surface area contributed by atoms with Crippen molar-refractivity contribution in [3.63, 3.8) is 0 Å². The van der Waals surface area contributed by atoms with E-state index in [0.29, 0.717) is 17.7 Å². The molecule has 1 aliphatic carbocycles. The Balaban J connectivity index is 2.40. The lowest BCUT2D eigenvalue weighted by Gasteiger charge is -2.48. The van der Waals surface area contributed by atoms with Crippen LogP contribution in [0.25, 0.3) is 4.85 Å². The van der Waals surface area contributed by atoms with Crippen LogP contribution in [0.15, 0.2) is 47.7 Å². The minimum absolute atomic E-state index is 0.0508. The van der Waals surface area contributed by atoms with Crippen LogP contribution in [0, 0.1) is 17.8 Å². The summed E-state index contributed by atoms with van der Waals surface area (Å²) in [6.45, 7) is 11.2. The molecule has 24 heavy (non-hydrogen) atoms. The minimum atomic E-state index is -1.24. The number of Topliss-reactive ketones (excluding diaryl/α,β-unsaturated/α-hetero) is 1. The van der Waals surface area contributed by atoms with Crippen molar-refractivity contribution < 1.29 is 14.0 Å². The van der Waals surface area contributed by atoms with Gasteiger partial charge in [0.1, 0.15) is 11.2 Å². The van der Waals surface area contributed by atoms with E-state index in [1.807, 2.05) is 6.08 Å². The average Bonchev–Trinajstić information content (AvgIpc) is 2.55. The van der Waals surface area contributed by atoms with Gasteiger partial charge < -0.3 is 9.69 Å². The fraction of sp³-hybridized carbons (Fsp3) is 0.316. The average molecular weight is 324 g/mol. The van der Waals surface area contributed by atoms with Crippen LogP contribution in [-0.2, 0) is 15.0 Å². The van der Waals surface area contributed by atoms with Gasteiger partial charge in [0, 0.05) is 19.0 Å². The number of allylic oxidation sites excluding steroid dienone is 1. The van der Waals surface area contributed by atoms with E-state index >= 15 is 0 Å². The van der Waals surface area contributed by atoms with E-state index in [-0.39, 0.29) is 17.4 Å². The Morgan fingerprint density at radius 3 is 2.42 bits per heavy atom. The standard InChI is InChI=1S/C19H17FN2O2/c1-18(2)15-9-10-22(4)17(24)19(15,11-14(21-3)16(18)23)12-5-7-13(20)8-6-12/h5-9,11H,10H2,1-2,4H3/t19-/m1/s1. The highest BCUT2D eigenvalue weighted by molar-refractivity contribution is 6.10. The Labute approximate surface area is 140 Å². The molecule has 0 radical (unpaired) electrons. The SMILES string of the molecule is [C-]#[N+]C1=C[C@]2(c3ccc(F)cc3)C(=O)N(C)CC=C2C(C)(C)C1=O. The number of carbonyl (C=O) groups is 2. The number of hydrogen-bond acceptors (Lipinski definition) is 2. The third kappa shape index (κ3) is 1.96. The molecule has 0 bridgehead atoms. The Morgan fingerprint density at radius 1 is 1.21 bits per heavy atom. The van der Waals surface area contributed by atoms with Crippen LogP contribution in [0.1, 0.15) is 19.4 Å². The maximum atomic E-state index is 13.4. The van der Waals surface area contributed by atoms with Gasteiger partial charge in [-0.25, -0.2) is 9.24 Å². The zero-order valence-electron chi connectivity index (χ0n) is 13.8. The second-order valence-corrected chi connectivity index (χ2v) is 6.71. The number of ketones is 1. The minimum Gasteiger partial charge on any atom is -0.341 e. The van der Waals surface area contributed by atoms with Crippen molar-refractivity contribution in [3.8, 4) is 0 Å². The lowest BCUT2D eigenvalue weighted by atomic mass is 9.57. The largest absolute Gasteiger partial charge is 0.341 e. The Kier molecular flexibility index (Phi) is 3.45. The molecule has 0 N–H and O–H groups in total. The van der Waals surface area contributed by atoms with Gasteiger partial charge in [0.05, 0.1) is 6.57 Å². The molecule has 1 aromatic rings. The van der Waals surface area contributed by atoms with Gasteiger partial charge in [-0.15, -0.1) is 0 Å². The van der Waals surface area contributed by atoms with Crippen LogP contribution in [0.2, 0.25) is 0 Å². The number of nitrogens with zero attached hydrogens (tertiary/aromatic N) is 2. The molecule has 1 amide bonds. The van der Waals surface area contributed by atoms with E-state index in [9.17, 15) is 14.0 Å². The highest BCUT2D eigenvalue weighted by Crippen LogP contribution is 2.51. The van der Waals surface area contributed by atoms with Crippen LogP contribution in [0.4, 0.5) is 4.39 Å². The molecule has 1 aromatic carbocycles. The normalized spacial score (nSPS) is 25.5. The first-order valence-electron chi connectivity index (χ1n) is 7.63. The van der Waals surface area contributed by atoms with Gasteiger partial charge in [-0.05, 0) is 23.3 Å². The van der Waals surface area contributed by atoms with E-state index in [2.05, 4.69) is 4.85 Å². The van der Waals surface area contributed by atoms with E-state index < -0.39 is 16.6 Å². The number of likely N-dealkylation sites (N-methyl/N-ethyl adjacent to an activating group) is 1. The van der Waals surface area contributed by atoms with Crippen molar-refractivity contribution in [2.24, 2.45) is 5.41 Å². The van der Waals surface area contributed by atoms with Crippen LogP contribution < -0.4 is 0 Å². The molecule has 4 nitrogen and oxygen atoms in total. The van der Waals surface area contributed by atoms with Crippen molar-refractivity contribution in [1.82, 2.24) is 4.90 Å². The lowest BCUT2D eigenvalue weighted by Crippen LogP contribution is -2.55. The molecule has 0 unspecified atom stereocenters. The van der Waals surface area contributed by atoms with Gasteiger partial charge in [0.2, 0.25) is 11.6 Å². The maximum absolute atomic E-state index is 13.4. The number of fused-ring (bicyclic) bond motifs is 1. The first-order valence-corrected chi connectivity index (χ1v) is 7.63. The van der Waals surface area contributed by atoms with Gasteiger partial charge in [-0.1, -0.05) is 38.1 Å². The second-order valence-electron chi connectivity index (χ2n) is 6.71. The fourth-order valence-electron chi connectivity index (χ4n) is 3.65. The first kappa shape index (κ1) is 16.1. The van der Waals surface area contributed by atoms with Gasteiger partial charge >= 0.3 is 0 Å². The summed E-state index contributed by atoms with van der Waals surface area (Å²) in [6.07, 6.45) is 3.32. The van der Waals surface area contributed by atoms with Gasteiger partial charge in [0.15, 0.2) is 5.78 Å². The van der Waals surface area contributed by atoms with Gasteiger partial charge in [0.25, 0.3) is 0 Å². The number of hydrogen-bond donors (Lipinski definition) is 0. The highest BCUT2D eigenvalue weighted by Gasteiger charge is 2.56. The van der Waals surface area contributed by atoms with E-state index in [1.165, 1.54) is 18.2 Å².